The average molecular weight is 274 g/mol. The smallest absolute Gasteiger partial charge is 0.125 e. The number of rotatable bonds is 4. The lowest BCUT2D eigenvalue weighted by molar-refractivity contribution is 0.606. The van der Waals surface area contributed by atoms with Crippen LogP contribution in [0.15, 0.2) is 18.2 Å². The van der Waals surface area contributed by atoms with Gasteiger partial charge in [0, 0.05) is 6.04 Å². The Labute approximate surface area is 117 Å². The Balaban J connectivity index is 2.11. The van der Waals surface area contributed by atoms with Crippen molar-refractivity contribution in [1.29, 1.82) is 5.26 Å². The number of nitrogens with zero attached hydrogens (tertiary/aromatic N) is 3. The molecule has 1 saturated carbocycles. The second kappa shape index (κ2) is 4.86. The number of fused-ring (bicyclic) bond motifs is 1. The maximum absolute atomic E-state index is 9.17. The van der Waals surface area contributed by atoms with Crippen molar-refractivity contribution in [2.75, 3.05) is 0 Å². The van der Waals surface area contributed by atoms with E-state index in [2.05, 4.69) is 22.5 Å². The molecule has 2 atom stereocenters. The lowest BCUT2D eigenvalue weighted by Gasteiger charge is -2.07. The number of benzene rings is 1. The summed E-state index contributed by atoms with van der Waals surface area (Å²) in [5.41, 5.74) is 2.48. The fraction of sp³-hybridized carbons (Fsp3) is 0.467. The molecule has 0 amide bonds. The van der Waals surface area contributed by atoms with E-state index in [1.54, 1.807) is 0 Å². The first-order chi connectivity index (χ1) is 9.30. The largest absolute Gasteiger partial charge is 0.324 e. The molecule has 1 aliphatic rings. The highest BCUT2D eigenvalue weighted by atomic mass is 35.5. The van der Waals surface area contributed by atoms with Gasteiger partial charge in [-0.2, -0.15) is 5.26 Å². The second-order valence-electron chi connectivity index (χ2n) is 5.17. The van der Waals surface area contributed by atoms with Gasteiger partial charge in [-0.15, -0.1) is 11.6 Å². The molecule has 0 bridgehead atoms. The van der Waals surface area contributed by atoms with Crippen LogP contribution in [0.2, 0.25) is 0 Å². The number of halogens is 1. The zero-order chi connectivity index (χ0) is 13.4. The third-order valence-corrected chi connectivity index (χ3v) is 4.15. The topological polar surface area (TPSA) is 41.6 Å². The third-order valence-electron chi connectivity index (χ3n) is 3.91. The Morgan fingerprint density at radius 2 is 2.37 bits per heavy atom. The van der Waals surface area contributed by atoms with Crippen molar-refractivity contribution in [3.8, 4) is 6.07 Å². The van der Waals surface area contributed by atoms with E-state index in [4.69, 9.17) is 16.9 Å². The molecule has 0 radical (unpaired) electrons. The molecular formula is C15H16ClN3. The van der Waals surface area contributed by atoms with Gasteiger partial charge in [-0.3, -0.25) is 0 Å². The molecule has 0 saturated heterocycles. The zero-order valence-electron chi connectivity index (χ0n) is 10.9. The second-order valence-corrected chi connectivity index (χ2v) is 5.44. The molecule has 0 aliphatic heterocycles. The van der Waals surface area contributed by atoms with E-state index >= 15 is 0 Å². The molecule has 0 spiro atoms. The quantitative estimate of drug-likeness (QED) is 0.790. The van der Waals surface area contributed by atoms with Gasteiger partial charge in [0.25, 0.3) is 0 Å². The van der Waals surface area contributed by atoms with Gasteiger partial charge in [-0.1, -0.05) is 19.4 Å². The first-order valence-corrected chi connectivity index (χ1v) is 7.29. The highest BCUT2D eigenvalue weighted by molar-refractivity contribution is 6.16. The number of alkyl halides is 1. The molecule has 3 nitrogen and oxygen atoms in total. The molecule has 2 aromatic rings. The van der Waals surface area contributed by atoms with E-state index in [1.165, 1.54) is 19.3 Å². The van der Waals surface area contributed by atoms with Gasteiger partial charge in [0.15, 0.2) is 0 Å². The number of nitriles is 1. The molecule has 19 heavy (non-hydrogen) atoms. The summed E-state index contributed by atoms with van der Waals surface area (Å²) in [7, 11) is 0. The molecule has 1 fully saturated rings. The van der Waals surface area contributed by atoms with E-state index in [9.17, 15) is 0 Å². The van der Waals surface area contributed by atoms with Crippen LogP contribution in [0.5, 0.6) is 0 Å². The first kappa shape index (κ1) is 12.5. The predicted octanol–water partition coefficient (Wildman–Crippen LogP) is 4.01. The van der Waals surface area contributed by atoms with Gasteiger partial charge in [0.1, 0.15) is 17.4 Å². The molecule has 1 heterocycles. The van der Waals surface area contributed by atoms with E-state index in [1.807, 2.05) is 18.2 Å². The lowest BCUT2D eigenvalue weighted by atomic mass is 10.2. The Morgan fingerprint density at radius 3 is 3.05 bits per heavy atom. The van der Waals surface area contributed by atoms with Crippen LogP contribution in [-0.4, -0.2) is 9.55 Å². The minimum absolute atomic E-state index is 0.398. The van der Waals surface area contributed by atoms with Crippen molar-refractivity contribution in [2.24, 2.45) is 5.92 Å². The fourth-order valence-electron chi connectivity index (χ4n) is 2.95. The minimum Gasteiger partial charge on any atom is -0.324 e. The van der Waals surface area contributed by atoms with Gasteiger partial charge < -0.3 is 4.57 Å². The molecule has 2 unspecified atom stereocenters. The molecule has 4 heteroatoms. The van der Waals surface area contributed by atoms with Crippen molar-refractivity contribution < 1.29 is 0 Å². The number of aromatic nitrogens is 2. The predicted molar refractivity (Wildman–Crippen MR) is 76.1 cm³/mol. The molecular weight excluding hydrogens is 258 g/mol. The number of hydrogen-bond acceptors (Lipinski definition) is 2. The summed E-state index contributed by atoms with van der Waals surface area (Å²) < 4.78 is 2.25. The highest BCUT2D eigenvalue weighted by Gasteiger charge is 2.39. The fourth-order valence-corrected chi connectivity index (χ4v) is 3.14. The van der Waals surface area contributed by atoms with E-state index < -0.39 is 0 Å². The third kappa shape index (κ3) is 2.01. The molecule has 98 valence electrons. The van der Waals surface area contributed by atoms with Crippen LogP contribution in [0.1, 0.15) is 43.6 Å². The Hall–Kier alpha value is -1.53. The van der Waals surface area contributed by atoms with Gasteiger partial charge in [-0.25, -0.2) is 4.98 Å². The minimum atomic E-state index is 0.398. The zero-order valence-corrected chi connectivity index (χ0v) is 11.7. The summed E-state index contributed by atoms with van der Waals surface area (Å²) in [6, 6.07) is 8.51. The van der Waals surface area contributed by atoms with Crippen LogP contribution in [-0.2, 0) is 5.88 Å². The van der Waals surface area contributed by atoms with Crippen molar-refractivity contribution >= 4 is 22.6 Å². The molecule has 1 aromatic heterocycles. The van der Waals surface area contributed by atoms with E-state index in [-0.39, 0.29) is 0 Å². The normalized spacial score (nSPS) is 21.5. The lowest BCUT2D eigenvalue weighted by Crippen LogP contribution is -2.01. The van der Waals surface area contributed by atoms with Gasteiger partial charge in [0.2, 0.25) is 0 Å². The van der Waals surface area contributed by atoms with Crippen molar-refractivity contribution in [3.05, 3.63) is 29.6 Å². The average Bonchev–Trinajstić information content (AvgIpc) is 3.08. The summed E-state index contributed by atoms with van der Waals surface area (Å²) in [6.45, 7) is 2.22. The van der Waals surface area contributed by atoms with Crippen molar-refractivity contribution in [2.45, 2.75) is 38.1 Å². The van der Waals surface area contributed by atoms with Crippen molar-refractivity contribution in [3.63, 3.8) is 0 Å². The maximum atomic E-state index is 9.17. The maximum Gasteiger partial charge on any atom is 0.125 e. The Morgan fingerprint density at radius 1 is 1.53 bits per heavy atom. The Bertz CT molecular complexity index is 653. The number of para-hydroxylation sites is 1. The number of hydrogen-bond donors (Lipinski definition) is 0. The summed E-state index contributed by atoms with van der Waals surface area (Å²) in [4.78, 5) is 4.57. The molecule has 1 aliphatic carbocycles. The first-order valence-electron chi connectivity index (χ1n) is 6.76. The van der Waals surface area contributed by atoms with Crippen LogP contribution in [0, 0.1) is 17.2 Å². The monoisotopic (exact) mass is 273 g/mol. The highest BCUT2D eigenvalue weighted by Crippen LogP contribution is 2.48. The molecule has 1 aromatic carbocycles. The summed E-state index contributed by atoms with van der Waals surface area (Å²) in [6.07, 6.45) is 3.68. The van der Waals surface area contributed by atoms with Gasteiger partial charge in [-0.05, 0) is 30.9 Å². The van der Waals surface area contributed by atoms with Crippen LogP contribution in [0.25, 0.3) is 11.0 Å². The van der Waals surface area contributed by atoms with Crippen LogP contribution in [0.4, 0.5) is 0 Å². The van der Waals surface area contributed by atoms with Crippen LogP contribution < -0.4 is 0 Å². The van der Waals surface area contributed by atoms with Crippen LogP contribution in [0.3, 0.4) is 0 Å². The van der Waals surface area contributed by atoms with Gasteiger partial charge in [0.05, 0.1) is 17.0 Å². The van der Waals surface area contributed by atoms with Crippen molar-refractivity contribution in [1.82, 2.24) is 9.55 Å². The SMILES string of the molecule is CCCC1CC1n1c(CCl)nc2c(C#N)cccc21. The molecule has 3 rings (SSSR count). The number of imidazole rings is 1. The van der Waals surface area contributed by atoms with E-state index in [0.717, 1.165) is 22.8 Å². The Kier molecular flexibility index (Phi) is 3.20. The van der Waals surface area contributed by atoms with Crippen LogP contribution >= 0.6 is 11.6 Å². The standard InChI is InChI=1S/C15H16ClN3/c1-2-4-10-7-13(10)19-12-6-3-5-11(9-17)15(12)18-14(19)8-16/h3,5-6,10,13H,2,4,7-8H2,1H3. The molecule has 0 N–H and O–H groups in total. The summed E-state index contributed by atoms with van der Waals surface area (Å²) >= 11 is 6.03. The summed E-state index contributed by atoms with van der Waals surface area (Å²) in [5.74, 6) is 2.03. The van der Waals surface area contributed by atoms with Gasteiger partial charge >= 0.3 is 0 Å². The summed E-state index contributed by atoms with van der Waals surface area (Å²) in [5, 5.41) is 9.17. The van der Waals surface area contributed by atoms with E-state index in [0.29, 0.717) is 17.5 Å².